The fourth-order valence-electron chi connectivity index (χ4n) is 2.77. The molecule has 1 saturated carbocycles. The maximum absolute atomic E-state index is 13.5. The highest BCUT2D eigenvalue weighted by atomic mass is 79.9. The van der Waals surface area contributed by atoms with Crippen molar-refractivity contribution >= 4 is 38.6 Å². The first kappa shape index (κ1) is 20.3. The molecule has 4 rings (SSSR count). The van der Waals surface area contributed by atoms with Gasteiger partial charge in [0.05, 0.1) is 10.2 Å². The quantitative estimate of drug-likeness (QED) is 0.347. The van der Waals surface area contributed by atoms with E-state index >= 15 is 0 Å². The van der Waals surface area contributed by atoms with Gasteiger partial charge in [-0.3, -0.25) is 4.52 Å². The zero-order valence-electron chi connectivity index (χ0n) is 14.5. The second kappa shape index (κ2) is 8.01. The standard InChI is InChI=1S/C15H13BrFN5O5S2/c16-9-7-8(1-2-10(9)17)22-12(19-26-14(22)23)11-13(20-27-18-11)28-6-5-15(3-4-15)21-29(24)25/h1-2,7,29H,3-6H2,(H,21,24,25). The van der Waals surface area contributed by atoms with E-state index in [1.807, 2.05) is 0 Å². The van der Waals surface area contributed by atoms with Gasteiger partial charge in [0, 0.05) is 11.3 Å². The smallest absolute Gasteiger partial charge is 0.295 e. The fourth-order valence-corrected chi connectivity index (χ4v) is 4.90. The van der Waals surface area contributed by atoms with Crippen LogP contribution in [0.4, 0.5) is 4.39 Å². The molecule has 2 heterocycles. The molecule has 1 aliphatic carbocycles. The van der Waals surface area contributed by atoms with Crippen LogP contribution in [-0.2, 0) is 10.9 Å². The number of nitrogens with zero attached hydrogens (tertiary/aromatic N) is 4. The third kappa shape index (κ3) is 4.29. The highest BCUT2D eigenvalue weighted by Crippen LogP contribution is 2.40. The highest BCUT2D eigenvalue weighted by molar-refractivity contribution is 9.10. The second-order valence-corrected chi connectivity index (χ2v) is 9.05. The minimum absolute atomic E-state index is 0.0548. The summed E-state index contributed by atoms with van der Waals surface area (Å²) in [6.45, 7) is 0. The van der Waals surface area contributed by atoms with Crippen LogP contribution in [0.15, 0.2) is 41.6 Å². The van der Waals surface area contributed by atoms with E-state index in [0.29, 0.717) is 22.9 Å². The Morgan fingerprint density at radius 2 is 2.10 bits per heavy atom. The van der Waals surface area contributed by atoms with Crippen LogP contribution in [0.25, 0.3) is 17.2 Å². The van der Waals surface area contributed by atoms with Crippen LogP contribution in [-0.4, -0.2) is 39.7 Å². The molecule has 0 aliphatic heterocycles. The normalized spacial score (nSPS) is 15.1. The zero-order chi connectivity index (χ0) is 20.6. The van der Waals surface area contributed by atoms with Gasteiger partial charge in [0.1, 0.15) is 5.82 Å². The third-order valence-electron chi connectivity index (χ3n) is 4.44. The Balaban J connectivity index is 1.57. The molecular weight excluding hydrogens is 493 g/mol. The molecule has 0 saturated heterocycles. The molecule has 2 aromatic heterocycles. The minimum atomic E-state index is -2.66. The van der Waals surface area contributed by atoms with Crippen molar-refractivity contribution in [2.45, 2.75) is 29.8 Å². The summed E-state index contributed by atoms with van der Waals surface area (Å²) < 4.78 is 48.8. The number of hydrogen-bond acceptors (Lipinski definition) is 9. The molecule has 0 bridgehead atoms. The Morgan fingerprint density at radius 1 is 1.31 bits per heavy atom. The van der Waals surface area contributed by atoms with Gasteiger partial charge >= 0.3 is 5.76 Å². The van der Waals surface area contributed by atoms with Crippen molar-refractivity contribution in [1.29, 1.82) is 0 Å². The van der Waals surface area contributed by atoms with E-state index in [-0.39, 0.29) is 16.0 Å². The van der Waals surface area contributed by atoms with Crippen LogP contribution in [0.1, 0.15) is 19.3 Å². The lowest BCUT2D eigenvalue weighted by Gasteiger charge is -2.11. The van der Waals surface area contributed by atoms with Crippen LogP contribution in [0.3, 0.4) is 0 Å². The lowest BCUT2D eigenvalue weighted by Crippen LogP contribution is -2.30. The van der Waals surface area contributed by atoms with Gasteiger partial charge in [0.25, 0.3) is 0 Å². The summed E-state index contributed by atoms with van der Waals surface area (Å²) in [5, 5.41) is 11.8. The minimum Gasteiger partial charge on any atom is -0.295 e. The summed E-state index contributed by atoms with van der Waals surface area (Å²) in [4.78, 5) is 12.2. The maximum atomic E-state index is 13.5. The van der Waals surface area contributed by atoms with E-state index in [9.17, 15) is 17.6 Å². The number of benzene rings is 1. The molecular formula is C15H13BrFN5O5S2. The molecule has 0 atom stereocenters. The van der Waals surface area contributed by atoms with Gasteiger partial charge in [0.15, 0.2) is 10.7 Å². The van der Waals surface area contributed by atoms with Crippen molar-refractivity contribution in [3.05, 3.63) is 39.0 Å². The molecule has 1 aliphatic rings. The summed E-state index contributed by atoms with van der Waals surface area (Å²) in [5.74, 6) is -0.666. The average Bonchev–Trinajstić information content (AvgIpc) is 3.08. The largest absolute Gasteiger partial charge is 0.446 e. The van der Waals surface area contributed by atoms with Crippen LogP contribution in [0.5, 0.6) is 0 Å². The van der Waals surface area contributed by atoms with Gasteiger partial charge < -0.3 is 0 Å². The number of hydrogen-bond donors (Lipinski definition) is 2. The van der Waals surface area contributed by atoms with Crippen molar-refractivity contribution in [2.75, 3.05) is 5.75 Å². The Labute approximate surface area is 177 Å². The van der Waals surface area contributed by atoms with E-state index in [1.54, 1.807) is 0 Å². The summed E-state index contributed by atoms with van der Waals surface area (Å²) in [7, 11) is -2.66. The summed E-state index contributed by atoms with van der Waals surface area (Å²) in [5.41, 5.74) is 0.114. The van der Waals surface area contributed by atoms with Gasteiger partial charge in [-0.25, -0.2) is 31.5 Å². The van der Waals surface area contributed by atoms with Crippen LogP contribution in [0, 0.1) is 5.82 Å². The van der Waals surface area contributed by atoms with Crippen molar-refractivity contribution in [3.63, 3.8) is 0 Å². The SMILES string of the molecule is O=c1onc(-c2nonc2SCCC2(N[SH](=O)=O)CC2)n1-c1ccc(F)c(Br)c1. The Bertz CT molecular complexity index is 1180. The van der Waals surface area contributed by atoms with Crippen molar-refractivity contribution < 1.29 is 22.0 Å². The van der Waals surface area contributed by atoms with E-state index in [0.717, 1.165) is 17.4 Å². The summed E-state index contributed by atoms with van der Waals surface area (Å²) in [6, 6.07) is 4.00. The van der Waals surface area contributed by atoms with Crippen molar-refractivity contribution in [1.82, 2.24) is 24.8 Å². The van der Waals surface area contributed by atoms with E-state index in [1.165, 1.54) is 30.0 Å². The van der Waals surface area contributed by atoms with Crippen LogP contribution >= 0.6 is 27.7 Å². The number of aromatic nitrogens is 4. The number of rotatable bonds is 8. The molecule has 1 N–H and O–H groups in total. The van der Waals surface area contributed by atoms with Crippen molar-refractivity contribution in [3.8, 4) is 17.2 Å². The van der Waals surface area contributed by atoms with E-state index < -0.39 is 28.0 Å². The topological polar surface area (TPSA) is 133 Å². The van der Waals surface area contributed by atoms with Crippen molar-refractivity contribution in [2.24, 2.45) is 0 Å². The molecule has 0 amide bonds. The first-order chi connectivity index (χ1) is 13.9. The summed E-state index contributed by atoms with van der Waals surface area (Å²) in [6.07, 6.45) is 2.16. The zero-order valence-corrected chi connectivity index (χ0v) is 17.8. The third-order valence-corrected chi connectivity index (χ3v) is 6.65. The molecule has 1 aromatic carbocycles. The van der Waals surface area contributed by atoms with E-state index in [2.05, 4.69) is 36.1 Å². The lowest BCUT2D eigenvalue weighted by molar-refractivity contribution is 0.299. The number of nitrogens with one attached hydrogen (secondary N) is 1. The maximum Gasteiger partial charge on any atom is 0.446 e. The fraction of sp³-hybridized carbons (Fsp3) is 0.333. The van der Waals surface area contributed by atoms with Gasteiger partial charge in [-0.1, -0.05) is 5.16 Å². The molecule has 0 spiro atoms. The van der Waals surface area contributed by atoms with Crippen LogP contribution < -0.4 is 10.5 Å². The molecule has 154 valence electrons. The number of thiol groups is 1. The predicted octanol–water partition coefficient (Wildman–Crippen LogP) is 1.91. The monoisotopic (exact) mass is 505 g/mol. The van der Waals surface area contributed by atoms with Gasteiger partial charge in [-0.15, -0.1) is 11.8 Å². The Kier molecular flexibility index (Phi) is 5.59. The molecule has 3 aromatic rings. The Hall–Kier alpha value is -2.03. The average molecular weight is 506 g/mol. The molecule has 0 unspecified atom stereocenters. The van der Waals surface area contributed by atoms with Gasteiger partial charge in [0.2, 0.25) is 16.7 Å². The van der Waals surface area contributed by atoms with Gasteiger partial charge in [-0.05, 0) is 63.7 Å². The van der Waals surface area contributed by atoms with Crippen LogP contribution in [0.2, 0.25) is 0 Å². The summed E-state index contributed by atoms with van der Waals surface area (Å²) >= 11 is 4.37. The molecule has 10 nitrogen and oxygen atoms in total. The Morgan fingerprint density at radius 3 is 2.79 bits per heavy atom. The highest BCUT2D eigenvalue weighted by Gasteiger charge is 2.42. The molecule has 14 heteroatoms. The lowest BCUT2D eigenvalue weighted by atomic mass is 10.2. The second-order valence-electron chi connectivity index (χ2n) is 6.37. The first-order valence-electron chi connectivity index (χ1n) is 8.31. The molecule has 1 fully saturated rings. The number of thioether (sulfide) groups is 1. The first-order valence-corrected chi connectivity index (χ1v) is 11.3. The predicted molar refractivity (Wildman–Crippen MR) is 104 cm³/mol. The van der Waals surface area contributed by atoms with E-state index in [4.69, 9.17) is 9.15 Å². The molecule has 29 heavy (non-hydrogen) atoms. The number of halogens is 2. The van der Waals surface area contributed by atoms with Gasteiger partial charge in [-0.2, -0.15) is 0 Å². The molecule has 0 radical (unpaired) electrons.